The molecule has 1 aromatic heterocycles. The number of hydrogen-bond acceptors (Lipinski definition) is 8. The van der Waals surface area contributed by atoms with Crippen molar-refractivity contribution in [3.63, 3.8) is 0 Å². The molecular formula is C24H33N7O7. The number of benzene rings is 1. The second-order valence-electron chi connectivity index (χ2n) is 8.77. The van der Waals surface area contributed by atoms with Gasteiger partial charge in [0.2, 0.25) is 23.6 Å². The molecule has 0 aliphatic heterocycles. The minimum Gasteiger partial charge on any atom is -0.480 e. The van der Waals surface area contributed by atoms with Gasteiger partial charge in [0.25, 0.3) is 0 Å². The van der Waals surface area contributed by atoms with Crippen LogP contribution in [0.15, 0.2) is 42.9 Å². The Labute approximate surface area is 218 Å². The summed E-state index contributed by atoms with van der Waals surface area (Å²) in [5.41, 5.74) is 12.3. The van der Waals surface area contributed by atoms with Gasteiger partial charge in [-0.15, -0.1) is 0 Å². The third kappa shape index (κ3) is 9.63. The van der Waals surface area contributed by atoms with E-state index in [-0.39, 0.29) is 25.7 Å². The number of aromatic amines is 1. The molecule has 0 saturated carbocycles. The third-order valence-corrected chi connectivity index (χ3v) is 5.60. The van der Waals surface area contributed by atoms with Gasteiger partial charge >= 0.3 is 5.97 Å². The molecule has 0 saturated heterocycles. The van der Waals surface area contributed by atoms with Crippen LogP contribution < -0.4 is 27.4 Å². The van der Waals surface area contributed by atoms with Gasteiger partial charge in [0.15, 0.2) is 0 Å². The minimum atomic E-state index is -1.56. The van der Waals surface area contributed by atoms with E-state index in [0.29, 0.717) is 11.3 Å². The zero-order valence-corrected chi connectivity index (χ0v) is 20.8. The molecule has 0 fully saturated rings. The summed E-state index contributed by atoms with van der Waals surface area (Å²) >= 11 is 0. The van der Waals surface area contributed by atoms with Crippen molar-refractivity contribution in [3.8, 4) is 0 Å². The summed E-state index contributed by atoms with van der Waals surface area (Å²) in [6.45, 7) is 1.23. The van der Waals surface area contributed by atoms with E-state index in [4.69, 9.17) is 11.5 Å². The maximum absolute atomic E-state index is 13.0. The van der Waals surface area contributed by atoms with Crippen LogP contribution in [0, 0.1) is 0 Å². The average molecular weight is 532 g/mol. The molecule has 5 unspecified atom stereocenters. The van der Waals surface area contributed by atoms with Gasteiger partial charge in [0.05, 0.1) is 18.5 Å². The van der Waals surface area contributed by atoms with Gasteiger partial charge in [-0.2, -0.15) is 0 Å². The first-order valence-corrected chi connectivity index (χ1v) is 11.8. The van der Waals surface area contributed by atoms with Gasteiger partial charge in [0.1, 0.15) is 18.1 Å². The monoisotopic (exact) mass is 531 g/mol. The predicted octanol–water partition coefficient (Wildman–Crippen LogP) is -2.29. The lowest BCUT2D eigenvalue weighted by Crippen LogP contribution is -2.60. The van der Waals surface area contributed by atoms with Crippen LogP contribution in [0.25, 0.3) is 0 Å². The molecule has 0 aliphatic rings. The number of nitrogens with zero attached hydrogens (tertiary/aromatic N) is 1. The van der Waals surface area contributed by atoms with Gasteiger partial charge < -0.3 is 42.6 Å². The van der Waals surface area contributed by atoms with E-state index in [2.05, 4.69) is 25.9 Å². The van der Waals surface area contributed by atoms with Gasteiger partial charge in [-0.3, -0.25) is 19.2 Å². The molecule has 4 amide bonds. The summed E-state index contributed by atoms with van der Waals surface area (Å²) in [4.78, 5) is 68.2. The first-order chi connectivity index (χ1) is 18.0. The maximum atomic E-state index is 13.0. The van der Waals surface area contributed by atoms with Crippen LogP contribution in [0.1, 0.15) is 31.0 Å². The number of carboxylic acid groups (broad SMARTS) is 1. The SMILES string of the molecule is CC(O)C(NC(=O)C(CCC(N)=O)NC(=O)C(N)Cc1cnc[nH]1)C(=O)NC(Cc1ccccc1)C(=O)O. The normalized spacial score (nSPS) is 14.8. The smallest absolute Gasteiger partial charge is 0.326 e. The molecule has 2 rings (SSSR count). The number of aliphatic hydroxyl groups excluding tert-OH is 1. The number of aliphatic carboxylic acids is 1. The predicted molar refractivity (Wildman–Crippen MR) is 134 cm³/mol. The van der Waals surface area contributed by atoms with E-state index in [0.717, 1.165) is 0 Å². The summed E-state index contributed by atoms with van der Waals surface area (Å²) in [7, 11) is 0. The molecular weight excluding hydrogens is 498 g/mol. The number of aliphatic hydroxyl groups is 1. The highest BCUT2D eigenvalue weighted by Gasteiger charge is 2.33. The molecule has 14 nitrogen and oxygen atoms in total. The zero-order chi connectivity index (χ0) is 28.2. The van der Waals surface area contributed by atoms with Crippen molar-refractivity contribution in [2.75, 3.05) is 0 Å². The van der Waals surface area contributed by atoms with Crippen molar-refractivity contribution in [3.05, 3.63) is 54.1 Å². The Morgan fingerprint density at radius 2 is 1.63 bits per heavy atom. The molecule has 38 heavy (non-hydrogen) atoms. The van der Waals surface area contributed by atoms with Gasteiger partial charge in [-0.25, -0.2) is 9.78 Å². The van der Waals surface area contributed by atoms with Crippen molar-refractivity contribution in [1.82, 2.24) is 25.9 Å². The second kappa shape index (κ2) is 14.4. The number of carbonyl (C=O) groups is 5. The molecule has 5 atom stereocenters. The molecule has 0 aliphatic carbocycles. The molecule has 0 radical (unpaired) electrons. The van der Waals surface area contributed by atoms with Crippen molar-refractivity contribution < 1.29 is 34.2 Å². The third-order valence-electron chi connectivity index (χ3n) is 5.60. The van der Waals surface area contributed by atoms with E-state index in [1.54, 1.807) is 30.3 Å². The van der Waals surface area contributed by atoms with E-state index >= 15 is 0 Å². The highest BCUT2D eigenvalue weighted by Crippen LogP contribution is 2.06. The van der Waals surface area contributed by atoms with Crippen LogP contribution >= 0.6 is 0 Å². The van der Waals surface area contributed by atoms with Gasteiger partial charge in [0, 0.05) is 31.2 Å². The standard InChI is InChI=1S/C24H33N7O7/c1-13(32)20(23(36)30-18(24(37)38)9-14-5-3-2-4-6-14)31-22(35)17(7-8-19(26)33)29-21(34)16(25)10-15-11-27-12-28-15/h2-6,11-13,16-18,20,32H,7-10,25H2,1H3,(H2,26,33)(H,27,28)(H,29,34)(H,30,36)(H,31,35)(H,37,38). The Bertz CT molecular complexity index is 1090. The largest absolute Gasteiger partial charge is 0.480 e. The Balaban J connectivity index is 2.10. The van der Waals surface area contributed by atoms with Crippen molar-refractivity contribution in [1.29, 1.82) is 0 Å². The number of H-pyrrole nitrogens is 1. The van der Waals surface area contributed by atoms with Crippen LogP contribution in [0.5, 0.6) is 0 Å². The molecule has 2 aromatic rings. The van der Waals surface area contributed by atoms with Crippen LogP contribution in [-0.2, 0) is 36.8 Å². The number of hydrogen-bond donors (Lipinski definition) is 8. The molecule has 0 spiro atoms. The lowest BCUT2D eigenvalue weighted by Gasteiger charge is -2.26. The summed E-state index contributed by atoms with van der Waals surface area (Å²) in [5.74, 6) is -4.60. The molecule has 1 heterocycles. The lowest BCUT2D eigenvalue weighted by molar-refractivity contribution is -0.143. The number of rotatable bonds is 15. The van der Waals surface area contributed by atoms with Crippen molar-refractivity contribution in [2.24, 2.45) is 11.5 Å². The number of amides is 4. The number of carboxylic acids is 1. The number of nitrogens with two attached hydrogens (primary N) is 2. The quantitative estimate of drug-likeness (QED) is 0.123. The fraction of sp³-hybridized carbons (Fsp3) is 0.417. The van der Waals surface area contributed by atoms with E-state index < -0.39 is 59.9 Å². The highest BCUT2D eigenvalue weighted by atomic mass is 16.4. The fourth-order valence-corrected chi connectivity index (χ4v) is 3.53. The first kappa shape index (κ1) is 29.9. The Kier molecular flexibility index (Phi) is 11.4. The van der Waals surface area contributed by atoms with Crippen molar-refractivity contribution in [2.45, 2.75) is 62.9 Å². The summed E-state index contributed by atoms with van der Waals surface area (Å²) in [5, 5.41) is 26.8. The van der Waals surface area contributed by atoms with Crippen LogP contribution in [0.2, 0.25) is 0 Å². The number of primary amides is 1. The van der Waals surface area contributed by atoms with E-state index in [9.17, 15) is 34.2 Å². The molecule has 1 aromatic carbocycles. The second-order valence-corrected chi connectivity index (χ2v) is 8.77. The molecule has 14 heteroatoms. The average Bonchev–Trinajstić information content (AvgIpc) is 3.37. The number of aromatic nitrogens is 2. The number of imidazole rings is 1. The van der Waals surface area contributed by atoms with Crippen LogP contribution in [-0.4, -0.2) is 80.1 Å². The van der Waals surface area contributed by atoms with Crippen molar-refractivity contribution >= 4 is 29.6 Å². The topological polar surface area (TPSA) is 243 Å². The lowest BCUT2D eigenvalue weighted by atomic mass is 10.0. The molecule has 0 bridgehead atoms. The number of carbonyl (C=O) groups excluding carboxylic acids is 4. The van der Waals surface area contributed by atoms with Gasteiger partial charge in [-0.1, -0.05) is 30.3 Å². The summed E-state index contributed by atoms with van der Waals surface area (Å²) in [6.07, 6.45) is 1.06. The van der Waals surface area contributed by atoms with Crippen LogP contribution in [0.4, 0.5) is 0 Å². The van der Waals surface area contributed by atoms with Gasteiger partial charge in [-0.05, 0) is 18.9 Å². The Hall–Kier alpha value is -4.30. The molecule has 10 N–H and O–H groups in total. The summed E-state index contributed by atoms with van der Waals surface area (Å²) in [6, 6.07) is 3.29. The number of nitrogens with one attached hydrogen (secondary N) is 4. The van der Waals surface area contributed by atoms with E-state index in [1.165, 1.54) is 19.4 Å². The minimum absolute atomic E-state index is 0.0338. The fourth-order valence-electron chi connectivity index (χ4n) is 3.53. The highest BCUT2D eigenvalue weighted by molar-refractivity contribution is 5.94. The van der Waals surface area contributed by atoms with E-state index in [1.807, 2.05) is 0 Å². The maximum Gasteiger partial charge on any atom is 0.326 e. The first-order valence-electron chi connectivity index (χ1n) is 11.8. The zero-order valence-electron chi connectivity index (χ0n) is 20.8. The van der Waals surface area contributed by atoms with Crippen LogP contribution in [0.3, 0.4) is 0 Å². The Morgan fingerprint density at radius 1 is 0.974 bits per heavy atom. The summed E-state index contributed by atoms with van der Waals surface area (Å²) < 4.78 is 0. The Morgan fingerprint density at radius 3 is 2.18 bits per heavy atom. The molecule has 206 valence electrons.